The molecule has 0 amide bonds. The summed E-state index contributed by atoms with van der Waals surface area (Å²) in [5.74, 6) is 0. The lowest BCUT2D eigenvalue weighted by molar-refractivity contribution is -0.205. The van der Waals surface area contributed by atoms with E-state index in [-0.39, 0.29) is 0 Å². The van der Waals surface area contributed by atoms with E-state index in [1.807, 2.05) is 6.92 Å². The third-order valence-electron chi connectivity index (χ3n) is 1.94. The predicted molar refractivity (Wildman–Crippen MR) is 70.8 cm³/mol. The van der Waals surface area contributed by atoms with Gasteiger partial charge < -0.3 is 14.2 Å². The quantitative estimate of drug-likeness (QED) is 0.332. The van der Waals surface area contributed by atoms with Crippen LogP contribution in [0.5, 0.6) is 0 Å². The van der Waals surface area contributed by atoms with Crippen LogP contribution in [0, 0.1) is 0 Å². The SMILES string of the molecule is C=C(C)COCC([SiH3])(OCCC)OCCC. The smallest absolute Gasteiger partial charge is 0.163 e. The zero-order valence-electron chi connectivity index (χ0n) is 11.2. The molecule has 0 rings (SSSR count). The van der Waals surface area contributed by atoms with Crippen LogP contribution in [0.4, 0.5) is 0 Å². The Balaban J connectivity index is 4.01. The topological polar surface area (TPSA) is 27.7 Å². The molecule has 0 radical (unpaired) electrons. The van der Waals surface area contributed by atoms with Crippen LogP contribution in [-0.2, 0) is 14.2 Å². The summed E-state index contributed by atoms with van der Waals surface area (Å²) >= 11 is 0. The second kappa shape index (κ2) is 8.93. The highest BCUT2D eigenvalue weighted by Gasteiger charge is 2.25. The third kappa shape index (κ3) is 8.04. The Hall–Kier alpha value is -0.163. The lowest BCUT2D eigenvalue weighted by Gasteiger charge is -2.30. The normalized spacial score (nSPS) is 11.9. The summed E-state index contributed by atoms with van der Waals surface area (Å²) in [6.07, 6.45) is 2.00. The summed E-state index contributed by atoms with van der Waals surface area (Å²) < 4.78 is 17.0. The lowest BCUT2D eigenvalue weighted by atomic mass is 10.4. The Bertz CT molecular complexity index is 187. The van der Waals surface area contributed by atoms with Crippen molar-refractivity contribution in [1.29, 1.82) is 0 Å². The fraction of sp³-hybridized carbons (Fsp3) is 0.833. The Kier molecular flexibility index (Phi) is 8.84. The molecule has 0 aliphatic carbocycles. The highest BCUT2D eigenvalue weighted by molar-refractivity contribution is 6.13. The number of hydrogen-bond acceptors (Lipinski definition) is 3. The second-order valence-corrected chi connectivity index (χ2v) is 5.80. The van der Waals surface area contributed by atoms with Gasteiger partial charge in [-0.05, 0) is 19.8 Å². The third-order valence-corrected chi connectivity index (χ3v) is 2.80. The van der Waals surface area contributed by atoms with Gasteiger partial charge in [0.25, 0.3) is 0 Å². The van der Waals surface area contributed by atoms with E-state index in [4.69, 9.17) is 14.2 Å². The largest absolute Gasteiger partial charge is 0.372 e. The van der Waals surface area contributed by atoms with Gasteiger partial charge in [-0.2, -0.15) is 0 Å². The van der Waals surface area contributed by atoms with Crippen LogP contribution in [-0.4, -0.2) is 42.1 Å². The predicted octanol–water partition coefficient (Wildman–Crippen LogP) is 1.45. The molecule has 0 heterocycles. The zero-order chi connectivity index (χ0) is 12.4. The Morgan fingerprint density at radius 1 is 1.19 bits per heavy atom. The van der Waals surface area contributed by atoms with Gasteiger partial charge in [0.05, 0.1) is 23.5 Å². The molecule has 0 bridgehead atoms. The van der Waals surface area contributed by atoms with Crippen LogP contribution in [0.2, 0.25) is 0 Å². The van der Waals surface area contributed by atoms with E-state index in [2.05, 4.69) is 20.4 Å². The summed E-state index contributed by atoms with van der Waals surface area (Å²) in [6, 6.07) is 0. The van der Waals surface area contributed by atoms with Crippen LogP contribution >= 0.6 is 0 Å². The Morgan fingerprint density at radius 3 is 2.06 bits per heavy atom. The van der Waals surface area contributed by atoms with Crippen molar-refractivity contribution in [1.82, 2.24) is 0 Å². The highest BCUT2D eigenvalue weighted by atomic mass is 28.1. The van der Waals surface area contributed by atoms with E-state index in [0.717, 1.165) is 41.9 Å². The molecule has 0 fully saturated rings. The fourth-order valence-corrected chi connectivity index (χ4v) is 1.78. The van der Waals surface area contributed by atoms with Crippen LogP contribution < -0.4 is 0 Å². The van der Waals surface area contributed by atoms with Gasteiger partial charge in [-0.3, -0.25) is 0 Å². The monoisotopic (exact) mass is 246 g/mol. The van der Waals surface area contributed by atoms with E-state index in [1.54, 1.807) is 0 Å². The first-order valence-electron chi connectivity index (χ1n) is 6.04. The molecule has 0 atom stereocenters. The molecule has 0 saturated carbocycles. The summed E-state index contributed by atoms with van der Waals surface area (Å²) in [5.41, 5.74) is 0.538. The average Bonchev–Trinajstić information content (AvgIpc) is 2.23. The van der Waals surface area contributed by atoms with Crippen molar-refractivity contribution in [3.63, 3.8) is 0 Å². The van der Waals surface area contributed by atoms with Gasteiger partial charge in [-0.25, -0.2) is 0 Å². The fourth-order valence-electron chi connectivity index (χ4n) is 1.17. The first-order chi connectivity index (χ1) is 7.54. The van der Waals surface area contributed by atoms with E-state index >= 15 is 0 Å². The molecule has 0 aromatic carbocycles. The Morgan fingerprint density at radius 2 is 1.69 bits per heavy atom. The van der Waals surface area contributed by atoms with Crippen molar-refractivity contribution in [2.24, 2.45) is 0 Å². The molecule has 96 valence electrons. The van der Waals surface area contributed by atoms with Gasteiger partial charge in [0.2, 0.25) is 0 Å². The Labute approximate surface area is 103 Å². The number of hydrogen-bond donors (Lipinski definition) is 0. The second-order valence-electron chi connectivity index (χ2n) is 4.28. The lowest BCUT2D eigenvalue weighted by Crippen LogP contribution is -2.42. The van der Waals surface area contributed by atoms with Gasteiger partial charge in [0.15, 0.2) is 5.41 Å². The summed E-state index contributed by atoms with van der Waals surface area (Å²) in [4.78, 5) is 0. The van der Waals surface area contributed by atoms with Gasteiger partial charge in [-0.15, -0.1) is 0 Å². The summed E-state index contributed by atoms with van der Waals surface area (Å²) in [6.45, 7) is 12.5. The van der Waals surface area contributed by atoms with Gasteiger partial charge in [0.1, 0.15) is 0 Å². The number of rotatable bonds is 10. The summed E-state index contributed by atoms with van der Waals surface area (Å²) in [7, 11) is 0.808. The molecule has 3 nitrogen and oxygen atoms in total. The molecule has 0 aromatic heterocycles. The van der Waals surface area contributed by atoms with E-state index in [9.17, 15) is 0 Å². The maximum atomic E-state index is 5.75. The van der Waals surface area contributed by atoms with Crippen molar-refractivity contribution in [3.8, 4) is 0 Å². The molecule has 16 heavy (non-hydrogen) atoms. The highest BCUT2D eigenvalue weighted by Crippen LogP contribution is 2.11. The van der Waals surface area contributed by atoms with Crippen LogP contribution in [0.15, 0.2) is 12.2 Å². The van der Waals surface area contributed by atoms with Crippen LogP contribution in [0.3, 0.4) is 0 Å². The van der Waals surface area contributed by atoms with E-state index in [0.29, 0.717) is 13.2 Å². The molecule has 0 unspecified atom stereocenters. The van der Waals surface area contributed by atoms with Gasteiger partial charge >= 0.3 is 0 Å². The molecule has 0 spiro atoms. The zero-order valence-corrected chi connectivity index (χ0v) is 13.2. The van der Waals surface area contributed by atoms with Crippen molar-refractivity contribution in [3.05, 3.63) is 12.2 Å². The average molecular weight is 246 g/mol. The van der Waals surface area contributed by atoms with Crippen LogP contribution in [0.1, 0.15) is 33.6 Å². The number of ether oxygens (including phenoxy) is 3. The molecular weight excluding hydrogens is 220 g/mol. The van der Waals surface area contributed by atoms with Crippen molar-refractivity contribution in [2.45, 2.75) is 39.0 Å². The first kappa shape index (κ1) is 15.8. The van der Waals surface area contributed by atoms with Crippen molar-refractivity contribution in [2.75, 3.05) is 26.4 Å². The minimum absolute atomic E-state index is 0.485. The maximum Gasteiger partial charge on any atom is 0.163 e. The van der Waals surface area contributed by atoms with Gasteiger partial charge in [0, 0.05) is 13.2 Å². The summed E-state index contributed by atoms with van der Waals surface area (Å²) in [5, 5.41) is 0. The standard InChI is InChI=1S/C12H26O3Si/c1-5-7-14-12(16,15-8-6-2)10-13-9-11(3)4/h3,5-10H2,1-2,4,16H3. The van der Waals surface area contributed by atoms with Crippen molar-refractivity contribution >= 4 is 10.2 Å². The van der Waals surface area contributed by atoms with E-state index in [1.165, 1.54) is 0 Å². The molecule has 4 heteroatoms. The molecule has 0 aromatic rings. The first-order valence-corrected chi connectivity index (χ1v) is 7.04. The molecular formula is C12H26O3Si. The molecule has 0 saturated heterocycles. The minimum atomic E-state index is -0.485. The molecule has 0 N–H and O–H groups in total. The minimum Gasteiger partial charge on any atom is -0.372 e. The molecule has 0 aliphatic rings. The molecule has 0 aliphatic heterocycles. The van der Waals surface area contributed by atoms with Gasteiger partial charge in [-0.1, -0.05) is 26.0 Å². The maximum absolute atomic E-state index is 5.75. The van der Waals surface area contributed by atoms with Crippen LogP contribution in [0.25, 0.3) is 0 Å². The van der Waals surface area contributed by atoms with E-state index < -0.39 is 5.41 Å². The van der Waals surface area contributed by atoms with Crippen molar-refractivity contribution < 1.29 is 14.2 Å².